The molecule has 0 radical (unpaired) electrons. The van der Waals surface area contributed by atoms with E-state index >= 15 is 0 Å². The third-order valence-electron chi connectivity index (χ3n) is 3.79. The molecule has 28 heavy (non-hydrogen) atoms. The van der Waals surface area contributed by atoms with Crippen molar-refractivity contribution in [1.82, 2.24) is 4.72 Å². The second kappa shape index (κ2) is 9.77. The molecule has 0 aromatic heterocycles. The van der Waals surface area contributed by atoms with Gasteiger partial charge < -0.3 is 5.32 Å². The number of benzene rings is 2. The van der Waals surface area contributed by atoms with Crippen molar-refractivity contribution in [3.63, 3.8) is 0 Å². The molecule has 0 bridgehead atoms. The van der Waals surface area contributed by atoms with Crippen molar-refractivity contribution in [1.29, 1.82) is 0 Å². The van der Waals surface area contributed by atoms with Crippen LogP contribution in [-0.2, 0) is 14.8 Å². The van der Waals surface area contributed by atoms with Crippen LogP contribution in [0.5, 0.6) is 0 Å². The second-order valence-corrected chi connectivity index (χ2v) is 7.71. The van der Waals surface area contributed by atoms with E-state index in [1.165, 1.54) is 60.7 Å². The Bertz CT molecular complexity index is 952. The van der Waals surface area contributed by atoms with Crippen LogP contribution in [0.1, 0.15) is 25.3 Å². The summed E-state index contributed by atoms with van der Waals surface area (Å²) in [5.74, 6) is -0.407. The van der Waals surface area contributed by atoms with E-state index in [4.69, 9.17) is 0 Å². The van der Waals surface area contributed by atoms with Gasteiger partial charge in [0.1, 0.15) is 0 Å². The Hall–Kier alpha value is -3.04. The van der Waals surface area contributed by atoms with Crippen molar-refractivity contribution in [2.75, 3.05) is 11.9 Å². The van der Waals surface area contributed by atoms with Gasteiger partial charge in [0.15, 0.2) is 0 Å². The third-order valence-corrected chi connectivity index (χ3v) is 5.26. The largest absolute Gasteiger partial charge is 0.323 e. The summed E-state index contributed by atoms with van der Waals surface area (Å²) in [5, 5.41) is 13.2. The minimum Gasteiger partial charge on any atom is -0.323 e. The molecule has 2 rings (SSSR count). The summed E-state index contributed by atoms with van der Waals surface area (Å²) in [7, 11) is -3.56. The van der Waals surface area contributed by atoms with Crippen molar-refractivity contribution < 1.29 is 18.1 Å². The van der Waals surface area contributed by atoms with Crippen molar-refractivity contribution in [3.05, 3.63) is 70.3 Å². The van der Waals surface area contributed by atoms with E-state index < -0.39 is 20.9 Å². The van der Waals surface area contributed by atoms with Gasteiger partial charge in [-0.1, -0.05) is 13.3 Å². The number of hydrogen-bond donors (Lipinski definition) is 2. The van der Waals surface area contributed by atoms with Crippen molar-refractivity contribution in [2.24, 2.45) is 0 Å². The van der Waals surface area contributed by atoms with Crippen molar-refractivity contribution in [2.45, 2.75) is 24.7 Å². The Morgan fingerprint density at radius 2 is 1.75 bits per heavy atom. The highest BCUT2D eigenvalue weighted by molar-refractivity contribution is 7.89. The maximum absolute atomic E-state index is 12.1. The number of nitro benzene ring substituents is 1. The number of nitrogens with zero attached hydrogens (tertiary/aromatic N) is 1. The molecule has 0 spiro atoms. The maximum Gasteiger partial charge on any atom is 0.269 e. The maximum atomic E-state index is 12.1. The number of hydrogen-bond acceptors (Lipinski definition) is 5. The lowest BCUT2D eigenvalue weighted by molar-refractivity contribution is -0.384. The van der Waals surface area contributed by atoms with Crippen molar-refractivity contribution >= 4 is 33.4 Å². The molecule has 0 saturated carbocycles. The quantitative estimate of drug-likeness (QED) is 0.288. The molecule has 9 heteroatoms. The Morgan fingerprint density at radius 1 is 1.11 bits per heavy atom. The van der Waals surface area contributed by atoms with Gasteiger partial charge >= 0.3 is 0 Å². The fourth-order valence-electron chi connectivity index (χ4n) is 2.25. The normalized spacial score (nSPS) is 11.5. The molecule has 0 atom stereocenters. The van der Waals surface area contributed by atoms with Crippen LogP contribution in [0.25, 0.3) is 6.08 Å². The highest BCUT2D eigenvalue weighted by Crippen LogP contribution is 2.15. The first-order chi connectivity index (χ1) is 13.3. The van der Waals surface area contributed by atoms with Gasteiger partial charge in [-0.3, -0.25) is 14.9 Å². The van der Waals surface area contributed by atoms with Crippen LogP contribution in [0.4, 0.5) is 11.4 Å². The molecule has 0 unspecified atom stereocenters. The molecule has 0 aliphatic heterocycles. The van der Waals surface area contributed by atoms with Gasteiger partial charge in [0.25, 0.3) is 5.69 Å². The summed E-state index contributed by atoms with van der Waals surface area (Å²) in [6, 6.07) is 11.6. The number of rotatable bonds is 9. The van der Waals surface area contributed by atoms with Crippen LogP contribution >= 0.6 is 0 Å². The third kappa shape index (κ3) is 6.29. The molecule has 2 N–H and O–H groups in total. The molecule has 1 amide bonds. The van der Waals surface area contributed by atoms with Crippen LogP contribution in [0, 0.1) is 10.1 Å². The molecule has 0 saturated heterocycles. The van der Waals surface area contributed by atoms with Crippen LogP contribution < -0.4 is 10.0 Å². The van der Waals surface area contributed by atoms with Gasteiger partial charge in [-0.2, -0.15) is 0 Å². The number of sulfonamides is 1. The average molecular weight is 403 g/mol. The SMILES string of the molecule is CCCCNS(=O)(=O)c1ccc(NC(=O)C=Cc2ccc([N+](=O)[O-])cc2)cc1. The minimum absolute atomic E-state index is 0.0270. The summed E-state index contributed by atoms with van der Waals surface area (Å²) >= 11 is 0. The molecule has 2 aromatic rings. The standard InChI is InChI=1S/C19H21N3O5S/c1-2-3-14-20-28(26,27)18-11-7-16(8-12-18)21-19(23)13-6-15-4-9-17(10-5-15)22(24)25/h4-13,20H,2-3,14H2,1H3,(H,21,23). The van der Waals surface area contributed by atoms with E-state index in [0.717, 1.165) is 12.8 Å². The summed E-state index contributed by atoms with van der Waals surface area (Å²) in [6.07, 6.45) is 4.46. The van der Waals surface area contributed by atoms with E-state index in [1.54, 1.807) is 0 Å². The van der Waals surface area contributed by atoms with Crippen molar-refractivity contribution in [3.8, 4) is 0 Å². The van der Waals surface area contributed by atoms with E-state index in [0.29, 0.717) is 17.8 Å². The zero-order chi connectivity index (χ0) is 20.6. The van der Waals surface area contributed by atoms with Gasteiger partial charge in [-0.25, -0.2) is 13.1 Å². The second-order valence-electron chi connectivity index (χ2n) is 5.95. The lowest BCUT2D eigenvalue weighted by Gasteiger charge is -2.07. The summed E-state index contributed by atoms with van der Waals surface area (Å²) < 4.78 is 26.7. The first-order valence-corrected chi connectivity index (χ1v) is 10.1. The Morgan fingerprint density at radius 3 is 2.32 bits per heavy atom. The molecule has 2 aromatic carbocycles. The summed E-state index contributed by atoms with van der Waals surface area (Å²) in [5.41, 5.74) is 1.06. The number of unbranched alkanes of at least 4 members (excludes halogenated alkanes) is 1. The van der Waals surface area contributed by atoms with Gasteiger partial charge in [0, 0.05) is 30.4 Å². The fourth-order valence-corrected chi connectivity index (χ4v) is 3.32. The number of nitro groups is 1. The predicted molar refractivity (Wildman–Crippen MR) is 107 cm³/mol. The lowest BCUT2D eigenvalue weighted by atomic mass is 10.2. The molecule has 0 fully saturated rings. The molecule has 148 valence electrons. The van der Waals surface area contributed by atoms with E-state index in [9.17, 15) is 23.3 Å². The van der Waals surface area contributed by atoms with Gasteiger partial charge in [0.2, 0.25) is 15.9 Å². The van der Waals surface area contributed by atoms with Gasteiger partial charge in [0.05, 0.1) is 9.82 Å². The molecular formula is C19H21N3O5S. The van der Waals surface area contributed by atoms with E-state index in [-0.39, 0.29) is 10.6 Å². The number of carbonyl (C=O) groups excluding carboxylic acids is 1. The Balaban J connectivity index is 1.96. The van der Waals surface area contributed by atoms with Crippen LogP contribution in [0.2, 0.25) is 0 Å². The molecule has 0 aliphatic carbocycles. The molecule has 0 heterocycles. The topological polar surface area (TPSA) is 118 Å². The Kier molecular flexibility index (Phi) is 7.42. The van der Waals surface area contributed by atoms with E-state index in [2.05, 4.69) is 10.0 Å². The molecule has 0 aliphatic rings. The first kappa shape index (κ1) is 21.3. The number of nitrogens with one attached hydrogen (secondary N) is 2. The lowest BCUT2D eigenvalue weighted by Crippen LogP contribution is -2.24. The highest BCUT2D eigenvalue weighted by atomic mass is 32.2. The number of amides is 1. The summed E-state index contributed by atoms with van der Waals surface area (Å²) in [4.78, 5) is 22.2. The fraction of sp³-hybridized carbons (Fsp3) is 0.211. The number of carbonyl (C=O) groups is 1. The van der Waals surface area contributed by atoms with Gasteiger partial charge in [-0.15, -0.1) is 0 Å². The van der Waals surface area contributed by atoms with Crippen LogP contribution in [-0.4, -0.2) is 25.8 Å². The zero-order valence-corrected chi connectivity index (χ0v) is 16.1. The number of non-ortho nitro benzene ring substituents is 1. The number of anilines is 1. The predicted octanol–water partition coefficient (Wildman–Crippen LogP) is 3.33. The monoisotopic (exact) mass is 403 g/mol. The highest BCUT2D eigenvalue weighted by Gasteiger charge is 2.13. The van der Waals surface area contributed by atoms with Crippen LogP contribution in [0.15, 0.2) is 59.5 Å². The van der Waals surface area contributed by atoms with Crippen LogP contribution in [0.3, 0.4) is 0 Å². The minimum atomic E-state index is -3.56. The van der Waals surface area contributed by atoms with E-state index in [1.807, 2.05) is 6.92 Å². The van der Waals surface area contributed by atoms with Gasteiger partial charge in [-0.05, 0) is 54.5 Å². The first-order valence-electron chi connectivity index (χ1n) is 8.65. The zero-order valence-electron chi connectivity index (χ0n) is 15.3. The smallest absolute Gasteiger partial charge is 0.269 e. The average Bonchev–Trinajstić information content (AvgIpc) is 2.67. The Labute approximate surface area is 163 Å². The summed E-state index contributed by atoms with van der Waals surface area (Å²) in [6.45, 7) is 2.35. The molecule has 8 nitrogen and oxygen atoms in total. The molecular weight excluding hydrogens is 382 g/mol.